The maximum atomic E-state index is 14.9. The molecule has 174 valence electrons. The number of rotatable bonds is 2. The van der Waals surface area contributed by atoms with Crippen LogP contribution in [0.15, 0.2) is 42.7 Å². The highest BCUT2D eigenvalue weighted by molar-refractivity contribution is 6.16. The van der Waals surface area contributed by atoms with Gasteiger partial charge in [0, 0.05) is 31.4 Å². The van der Waals surface area contributed by atoms with E-state index in [1.165, 1.54) is 22.8 Å². The Balaban J connectivity index is 1.68. The summed E-state index contributed by atoms with van der Waals surface area (Å²) in [4.78, 5) is 27.7. The van der Waals surface area contributed by atoms with Gasteiger partial charge in [0.05, 0.1) is 23.7 Å². The number of hydrogen-bond donors (Lipinski definition) is 0. The lowest BCUT2D eigenvalue weighted by atomic mass is 9.87. The lowest BCUT2D eigenvalue weighted by Gasteiger charge is -2.45. The monoisotopic (exact) mass is 470 g/mol. The number of aryl methyl sites for hydroxylation is 1. The molecule has 34 heavy (non-hydrogen) atoms. The van der Waals surface area contributed by atoms with Crippen LogP contribution in [0.1, 0.15) is 30.0 Å². The molecule has 3 aromatic rings. The molecule has 1 fully saturated rings. The number of nitrogens with zero attached hydrogens (tertiary/aromatic N) is 4. The Kier molecular flexibility index (Phi) is 5.65. The van der Waals surface area contributed by atoms with Crippen LogP contribution in [0.2, 0.25) is 0 Å². The molecule has 0 N–H and O–H groups in total. The summed E-state index contributed by atoms with van der Waals surface area (Å²) in [5.41, 5.74) is -1.78. The van der Waals surface area contributed by atoms with Gasteiger partial charge < -0.3 is 4.90 Å². The highest BCUT2D eigenvalue weighted by Crippen LogP contribution is 2.38. The van der Waals surface area contributed by atoms with E-state index in [0.29, 0.717) is 10.5 Å². The van der Waals surface area contributed by atoms with Crippen molar-refractivity contribution in [3.05, 3.63) is 82.7 Å². The van der Waals surface area contributed by atoms with Gasteiger partial charge in [-0.05, 0) is 37.3 Å². The molecular weight excluding hydrogens is 452 g/mol. The summed E-state index contributed by atoms with van der Waals surface area (Å²) in [5.74, 6) is -0.0412. The average molecular weight is 470 g/mol. The molecule has 0 spiro atoms. The van der Waals surface area contributed by atoms with E-state index in [1.54, 1.807) is 20.2 Å². The minimum atomic E-state index is -1.20. The first-order chi connectivity index (χ1) is 16.0. The number of carbonyl (C=O) groups excluding carboxylic acids is 2. The molecule has 1 aromatic heterocycles. The molecule has 1 atom stereocenters. The normalized spacial score (nSPS) is 18.2. The largest absolute Gasteiger partial charge is 0.332 e. The summed E-state index contributed by atoms with van der Waals surface area (Å²) >= 11 is 0. The van der Waals surface area contributed by atoms with E-state index in [4.69, 9.17) is 0 Å². The van der Waals surface area contributed by atoms with Gasteiger partial charge in [-0.3, -0.25) is 9.48 Å². The van der Waals surface area contributed by atoms with E-state index in [0.717, 1.165) is 30.3 Å². The van der Waals surface area contributed by atoms with Crippen molar-refractivity contribution in [2.45, 2.75) is 18.9 Å². The smallest absolute Gasteiger partial charge is 0.317 e. The van der Waals surface area contributed by atoms with Crippen molar-refractivity contribution in [2.24, 2.45) is 7.05 Å². The molecule has 0 unspecified atom stereocenters. The fraction of sp³-hybridized carbons (Fsp3) is 0.208. The Hall–Kier alpha value is -4.13. The number of aromatic nitrogens is 2. The summed E-state index contributed by atoms with van der Waals surface area (Å²) < 4.78 is 58.4. The molecule has 0 aliphatic carbocycles. The topological polar surface area (TPSA) is 58.4 Å². The lowest BCUT2D eigenvalue weighted by molar-refractivity contribution is -0.122. The van der Waals surface area contributed by atoms with Crippen molar-refractivity contribution in [3.63, 3.8) is 0 Å². The van der Waals surface area contributed by atoms with Crippen molar-refractivity contribution in [1.29, 1.82) is 0 Å². The number of benzene rings is 2. The first kappa shape index (κ1) is 23.0. The standard InChI is InChI=1S/C24H18F4N4O2/c1-24(16-12-29-30(2)13-16)11-21(33)32(23(34)31(24)3)22-19(27)8-14(9-20(22)28)4-5-15-10-17(25)6-7-18(15)26/h6-10,12-13H,11H2,1-3H3/t24-/m0/s1. The molecule has 0 bridgehead atoms. The van der Waals surface area contributed by atoms with Gasteiger partial charge in [-0.15, -0.1) is 0 Å². The van der Waals surface area contributed by atoms with Gasteiger partial charge in [0.25, 0.3) is 0 Å². The second kappa shape index (κ2) is 8.33. The second-order valence-electron chi connectivity index (χ2n) is 8.09. The molecule has 4 rings (SSSR count). The Bertz CT molecular complexity index is 1370. The van der Waals surface area contributed by atoms with Crippen LogP contribution in [0.5, 0.6) is 0 Å². The number of imide groups is 1. The van der Waals surface area contributed by atoms with Gasteiger partial charge in [0.15, 0.2) is 11.6 Å². The Labute approximate surface area is 192 Å². The van der Waals surface area contributed by atoms with Crippen molar-refractivity contribution >= 4 is 17.6 Å². The van der Waals surface area contributed by atoms with Crippen LogP contribution in [0, 0.1) is 35.1 Å². The van der Waals surface area contributed by atoms with Crippen molar-refractivity contribution in [1.82, 2.24) is 14.7 Å². The molecule has 2 aromatic carbocycles. The second-order valence-corrected chi connectivity index (χ2v) is 8.09. The Morgan fingerprint density at radius 1 is 0.971 bits per heavy atom. The number of amides is 3. The van der Waals surface area contributed by atoms with E-state index in [1.807, 2.05) is 0 Å². The van der Waals surface area contributed by atoms with E-state index >= 15 is 0 Å². The summed E-state index contributed by atoms with van der Waals surface area (Å²) in [6.45, 7) is 1.66. The number of urea groups is 1. The van der Waals surface area contributed by atoms with E-state index in [9.17, 15) is 27.2 Å². The molecule has 10 heteroatoms. The zero-order valence-electron chi connectivity index (χ0n) is 18.4. The predicted octanol–water partition coefficient (Wildman–Crippen LogP) is 4.08. The van der Waals surface area contributed by atoms with Gasteiger partial charge in [-0.25, -0.2) is 27.3 Å². The third kappa shape index (κ3) is 3.90. The van der Waals surface area contributed by atoms with Gasteiger partial charge in [-0.2, -0.15) is 5.10 Å². The maximum absolute atomic E-state index is 14.9. The van der Waals surface area contributed by atoms with Crippen molar-refractivity contribution < 1.29 is 27.2 Å². The van der Waals surface area contributed by atoms with Crippen LogP contribution in [0.4, 0.5) is 28.0 Å². The molecule has 1 aliphatic rings. The van der Waals surface area contributed by atoms with Crippen LogP contribution in [-0.4, -0.2) is 33.7 Å². The summed E-state index contributed by atoms with van der Waals surface area (Å²) in [6.07, 6.45) is 2.94. The summed E-state index contributed by atoms with van der Waals surface area (Å²) in [6, 6.07) is 3.37. The van der Waals surface area contributed by atoms with Gasteiger partial charge in [-0.1, -0.05) is 11.8 Å². The number of carbonyl (C=O) groups is 2. The highest BCUT2D eigenvalue weighted by atomic mass is 19.1. The van der Waals surface area contributed by atoms with Gasteiger partial charge >= 0.3 is 6.03 Å². The Morgan fingerprint density at radius 2 is 1.65 bits per heavy atom. The number of hydrogen-bond acceptors (Lipinski definition) is 3. The molecule has 0 radical (unpaired) electrons. The highest BCUT2D eigenvalue weighted by Gasteiger charge is 2.48. The summed E-state index contributed by atoms with van der Waals surface area (Å²) in [5, 5.41) is 4.06. The molecule has 2 heterocycles. The quantitative estimate of drug-likeness (QED) is 0.419. The van der Waals surface area contributed by atoms with Crippen LogP contribution in [-0.2, 0) is 17.4 Å². The fourth-order valence-electron chi connectivity index (χ4n) is 3.76. The van der Waals surface area contributed by atoms with Crippen LogP contribution in [0.25, 0.3) is 0 Å². The molecular formula is C24H18F4N4O2. The molecule has 0 saturated carbocycles. The van der Waals surface area contributed by atoms with E-state index in [2.05, 4.69) is 16.9 Å². The van der Waals surface area contributed by atoms with Crippen LogP contribution < -0.4 is 4.90 Å². The zero-order valence-corrected chi connectivity index (χ0v) is 18.4. The molecule has 6 nitrogen and oxygen atoms in total. The van der Waals surface area contributed by atoms with Crippen molar-refractivity contribution in [2.75, 3.05) is 11.9 Å². The Morgan fingerprint density at radius 3 is 2.26 bits per heavy atom. The SMILES string of the molecule is CN1C(=O)N(c2c(F)cc(C#Cc3cc(F)ccc3F)cc2F)C(=O)C[C@@]1(C)c1cnn(C)c1. The van der Waals surface area contributed by atoms with Crippen molar-refractivity contribution in [3.8, 4) is 11.8 Å². The van der Waals surface area contributed by atoms with E-state index < -0.39 is 46.4 Å². The van der Waals surface area contributed by atoms with Gasteiger partial charge in [0.2, 0.25) is 5.91 Å². The third-order valence-electron chi connectivity index (χ3n) is 5.80. The third-order valence-corrected chi connectivity index (χ3v) is 5.80. The first-order valence-electron chi connectivity index (χ1n) is 10.1. The summed E-state index contributed by atoms with van der Waals surface area (Å²) in [7, 11) is 3.11. The minimum absolute atomic E-state index is 0.187. The predicted molar refractivity (Wildman–Crippen MR) is 115 cm³/mol. The number of halogens is 4. The molecule has 3 amide bonds. The zero-order chi connectivity index (χ0) is 24.8. The lowest BCUT2D eigenvalue weighted by Crippen LogP contribution is -2.60. The minimum Gasteiger partial charge on any atom is -0.317 e. The van der Waals surface area contributed by atoms with Crippen LogP contribution in [0.3, 0.4) is 0 Å². The average Bonchev–Trinajstić information content (AvgIpc) is 3.21. The maximum Gasteiger partial charge on any atom is 0.332 e. The van der Waals surface area contributed by atoms with Crippen LogP contribution >= 0.6 is 0 Å². The number of anilines is 1. The van der Waals surface area contributed by atoms with Gasteiger partial charge in [0.1, 0.15) is 17.3 Å². The first-order valence-corrected chi connectivity index (χ1v) is 10.1. The van der Waals surface area contributed by atoms with E-state index in [-0.39, 0.29) is 17.5 Å². The molecule has 1 saturated heterocycles. The fourth-order valence-corrected chi connectivity index (χ4v) is 3.76. The molecule has 1 aliphatic heterocycles.